The summed E-state index contributed by atoms with van der Waals surface area (Å²) in [5.41, 5.74) is 0. The first-order valence-corrected chi connectivity index (χ1v) is 28.8. The minimum atomic E-state index is -2.19. The highest BCUT2D eigenvalue weighted by Crippen LogP contribution is 2.35. The molecule has 3 fully saturated rings. The average molecular weight is 1090 g/mol. The number of esters is 1. The maximum absolute atomic E-state index is 13.7. The molecule has 2 aliphatic heterocycles. The van der Waals surface area contributed by atoms with Crippen molar-refractivity contribution in [2.24, 2.45) is 0 Å². The van der Waals surface area contributed by atoms with E-state index in [0.717, 1.165) is 44.9 Å². The highest BCUT2D eigenvalue weighted by Gasteiger charge is 2.57. The average Bonchev–Trinajstić information content (AvgIpc) is 3.40. The number of hydrogen-bond donors (Lipinski definition) is 11. The molecule has 0 aromatic heterocycles. The predicted molar refractivity (Wildman–Crippen MR) is 273 cm³/mol. The van der Waals surface area contributed by atoms with E-state index in [1.165, 1.54) is 116 Å². The van der Waals surface area contributed by atoms with Crippen LogP contribution in [0.4, 0.5) is 4.79 Å². The smallest absolute Gasteiger partial charge is 0.463 e. The highest BCUT2D eigenvalue weighted by atomic mass is 16.8. The van der Waals surface area contributed by atoms with Crippen molar-refractivity contribution in [3.63, 3.8) is 0 Å². The van der Waals surface area contributed by atoms with Crippen LogP contribution in [0.5, 0.6) is 0 Å². The van der Waals surface area contributed by atoms with Gasteiger partial charge in [0.25, 0.3) is 0 Å². The number of rotatable bonds is 41. The lowest BCUT2D eigenvalue weighted by Crippen LogP contribution is -2.70. The number of carbonyl (C=O) groups excluding carboxylic acids is 2. The number of aliphatic hydroxyl groups excluding tert-OH is 11. The molecule has 0 spiro atoms. The van der Waals surface area contributed by atoms with Gasteiger partial charge in [0.05, 0.1) is 13.2 Å². The first-order valence-electron chi connectivity index (χ1n) is 28.8. The quantitative estimate of drug-likeness (QED) is 0.0306. The Kier molecular flexibility index (Phi) is 35.5. The molecule has 0 aromatic rings. The van der Waals surface area contributed by atoms with Crippen LogP contribution in [0.25, 0.3) is 0 Å². The fourth-order valence-electron chi connectivity index (χ4n) is 9.83. The SMILES string of the molecule is CCCCCCCCCCCCCCCCO[C@H](COC(=O)CCCCCCCCCCCCCCC)COC(=O)O[C@@H]1C(O[C@H]2OC(CO)[C@@H](O)[C@H](O)C2O)C(O)[C@@H](O)[C@H](O)C1O[C@H]1OC(CO)[C@@H](O)C(O)[C@H]1O. The molecule has 2 saturated heterocycles. The zero-order valence-corrected chi connectivity index (χ0v) is 45.2. The molecule has 0 amide bonds. The molecule has 2 heterocycles. The van der Waals surface area contributed by atoms with Crippen LogP contribution in [-0.2, 0) is 42.7 Å². The van der Waals surface area contributed by atoms with E-state index in [1.54, 1.807) is 0 Å². The van der Waals surface area contributed by atoms with Crippen LogP contribution in [0.15, 0.2) is 0 Å². The molecule has 1 saturated carbocycles. The Balaban J connectivity index is 1.65. The van der Waals surface area contributed by atoms with Gasteiger partial charge in [-0.15, -0.1) is 0 Å². The number of ether oxygens (including phenoxy) is 8. The fraction of sp³-hybridized carbons (Fsp3) is 0.963. The van der Waals surface area contributed by atoms with Crippen molar-refractivity contribution in [2.75, 3.05) is 33.0 Å². The van der Waals surface area contributed by atoms with E-state index in [9.17, 15) is 65.8 Å². The van der Waals surface area contributed by atoms with Gasteiger partial charge < -0.3 is 94.1 Å². The van der Waals surface area contributed by atoms with Gasteiger partial charge >= 0.3 is 12.1 Å². The fourth-order valence-corrected chi connectivity index (χ4v) is 9.83. The van der Waals surface area contributed by atoms with Gasteiger partial charge in [-0.25, -0.2) is 4.79 Å². The van der Waals surface area contributed by atoms with E-state index in [4.69, 9.17) is 37.9 Å². The van der Waals surface area contributed by atoms with Crippen molar-refractivity contribution in [3.8, 4) is 0 Å². The summed E-state index contributed by atoms with van der Waals surface area (Å²) in [5.74, 6) is -0.448. The third kappa shape index (κ3) is 24.6. The van der Waals surface area contributed by atoms with Crippen molar-refractivity contribution in [1.82, 2.24) is 0 Å². The van der Waals surface area contributed by atoms with E-state index in [1.807, 2.05) is 0 Å². The number of unbranched alkanes of at least 4 members (excludes halogenated alkanes) is 25. The molecule has 3 aliphatic rings. The van der Waals surface area contributed by atoms with Crippen LogP contribution >= 0.6 is 0 Å². The highest BCUT2D eigenvalue weighted by molar-refractivity contribution is 5.69. The van der Waals surface area contributed by atoms with Gasteiger partial charge in [-0.2, -0.15) is 0 Å². The first-order chi connectivity index (χ1) is 36.2. The van der Waals surface area contributed by atoms with Gasteiger partial charge in [0.1, 0.15) is 98.7 Å². The standard InChI is InChI=1S/C54H100O21/c1-3-5-7-9-11-13-15-17-19-21-23-25-27-29-31-68-36(34-69-39(57)30-28-26-24-22-20-18-16-14-12-10-8-6-4-2)35-70-54(67)75-51-49(73-52-47(65)42(60)40(58)37(32-55)71-52)45(63)44(62)46(64)50(51)74-53-48(66)43(61)41(59)38(33-56)72-53/h36-38,40-53,55-56,58-66H,3-35H2,1-2H3/t36-,37?,38?,40-,41-,42+,43?,44-,45?,46+,47?,48-,49?,50?,51-,52-,53-/m1/s1. The Morgan fingerprint density at radius 2 is 0.760 bits per heavy atom. The lowest BCUT2D eigenvalue weighted by molar-refractivity contribution is -0.361. The molecule has 7 unspecified atom stereocenters. The topological polar surface area (TPSA) is 331 Å². The van der Waals surface area contributed by atoms with Gasteiger partial charge in [0, 0.05) is 13.0 Å². The Morgan fingerprint density at radius 1 is 0.413 bits per heavy atom. The molecule has 21 nitrogen and oxygen atoms in total. The molecule has 0 radical (unpaired) electrons. The largest absolute Gasteiger partial charge is 0.508 e. The van der Waals surface area contributed by atoms with Crippen LogP contribution < -0.4 is 0 Å². The normalized spacial score (nSPS) is 31.5. The summed E-state index contributed by atoms with van der Waals surface area (Å²) in [5, 5.41) is 116. The van der Waals surface area contributed by atoms with Gasteiger partial charge in [-0.1, -0.05) is 174 Å². The zero-order chi connectivity index (χ0) is 55.0. The van der Waals surface area contributed by atoms with Gasteiger partial charge in [0.15, 0.2) is 18.7 Å². The molecule has 17 atom stereocenters. The molecule has 3 rings (SSSR count). The zero-order valence-electron chi connectivity index (χ0n) is 45.2. The van der Waals surface area contributed by atoms with Crippen molar-refractivity contribution < 1.29 is 104 Å². The van der Waals surface area contributed by atoms with E-state index in [0.29, 0.717) is 12.8 Å². The third-order valence-corrected chi connectivity index (χ3v) is 14.7. The summed E-state index contributed by atoms with van der Waals surface area (Å²) in [6.45, 7) is 2.15. The van der Waals surface area contributed by atoms with Crippen molar-refractivity contribution >= 4 is 12.1 Å². The third-order valence-electron chi connectivity index (χ3n) is 14.7. The molecule has 21 heteroatoms. The molecule has 442 valence electrons. The van der Waals surface area contributed by atoms with Crippen molar-refractivity contribution in [3.05, 3.63) is 0 Å². The Hall–Kier alpha value is -1.90. The number of carbonyl (C=O) groups is 2. The molecule has 75 heavy (non-hydrogen) atoms. The van der Waals surface area contributed by atoms with Gasteiger partial charge in [-0.3, -0.25) is 4.79 Å². The Bertz CT molecular complexity index is 1390. The summed E-state index contributed by atoms with van der Waals surface area (Å²) in [6, 6.07) is 0. The van der Waals surface area contributed by atoms with Crippen LogP contribution in [0.1, 0.15) is 194 Å². The summed E-state index contributed by atoms with van der Waals surface area (Å²) >= 11 is 0. The predicted octanol–water partition coefficient (Wildman–Crippen LogP) is 3.87. The molecule has 0 aromatic carbocycles. The molecule has 0 bridgehead atoms. The van der Waals surface area contributed by atoms with E-state index in [-0.39, 0.29) is 19.6 Å². The summed E-state index contributed by atoms with van der Waals surface area (Å²) in [4.78, 5) is 26.6. The molecule has 11 N–H and O–H groups in total. The van der Waals surface area contributed by atoms with E-state index < -0.39 is 136 Å². The molecular formula is C54H100O21. The summed E-state index contributed by atoms with van der Waals surface area (Å²) in [7, 11) is 0. The molecular weight excluding hydrogens is 985 g/mol. The maximum atomic E-state index is 13.7. The first kappa shape index (κ1) is 67.4. The summed E-state index contributed by atoms with van der Waals surface area (Å²) < 4.78 is 45.1. The lowest BCUT2D eigenvalue weighted by Gasteiger charge is -2.49. The van der Waals surface area contributed by atoms with Crippen LogP contribution in [0.3, 0.4) is 0 Å². The second-order valence-corrected chi connectivity index (χ2v) is 21.0. The van der Waals surface area contributed by atoms with E-state index >= 15 is 0 Å². The second-order valence-electron chi connectivity index (χ2n) is 21.0. The minimum absolute atomic E-state index is 0.191. The van der Waals surface area contributed by atoms with E-state index in [2.05, 4.69) is 13.8 Å². The maximum Gasteiger partial charge on any atom is 0.508 e. The van der Waals surface area contributed by atoms with Crippen molar-refractivity contribution in [1.29, 1.82) is 0 Å². The Labute approximate surface area is 445 Å². The molecule has 1 aliphatic carbocycles. The van der Waals surface area contributed by atoms with Gasteiger partial charge in [-0.05, 0) is 12.8 Å². The lowest BCUT2D eigenvalue weighted by atomic mass is 9.84. The van der Waals surface area contributed by atoms with Crippen LogP contribution in [-0.4, -0.2) is 205 Å². The number of hydrogen-bond acceptors (Lipinski definition) is 21. The van der Waals surface area contributed by atoms with Crippen LogP contribution in [0.2, 0.25) is 0 Å². The van der Waals surface area contributed by atoms with Gasteiger partial charge in [0.2, 0.25) is 0 Å². The minimum Gasteiger partial charge on any atom is -0.463 e. The second kappa shape index (κ2) is 39.5. The number of aliphatic hydroxyl groups is 11. The summed E-state index contributed by atoms with van der Waals surface area (Å²) in [6.07, 6.45) is -2.31. The monoisotopic (exact) mass is 1080 g/mol. The van der Waals surface area contributed by atoms with Crippen molar-refractivity contribution in [2.45, 2.75) is 298 Å². The Morgan fingerprint density at radius 3 is 1.15 bits per heavy atom. The van der Waals surface area contributed by atoms with Crippen LogP contribution in [0, 0.1) is 0 Å².